The van der Waals surface area contributed by atoms with Crippen LogP contribution in [-0.4, -0.2) is 15.3 Å². The molecule has 112 valence electrons. The molecule has 3 N–H and O–H groups in total. The molecule has 0 spiro atoms. The molecular formula is C15H8Cl2O5. The standard InChI is InChI=1S/C15H8Cl2O5/c16-8-1-6(2-9(17)15(8)21)12-5-11(20)14-10(19)3-7(18)4-13(14)22-12/h1-5,18-19,21H. The molecule has 0 saturated carbocycles. The second-order valence-electron chi connectivity index (χ2n) is 4.60. The fraction of sp³-hybridized carbons (Fsp3) is 0. The van der Waals surface area contributed by atoms with Crippen molar-refractivity contribution < 1.29 is 19.7 Å². The summed E-state index contributed by atoms with van der Waals surface area (Å²) in [5.41, 5.74) is -0.107. The molecule has 5 nitrogen and oxygen atoms in total. The zero-order valence-electron chi connectivity index (χ0n) is 10.8. The van der Waals surface area contributed by atoms with Gasteiger partial charge in [0.2, 0.25) is 0 Å². The van der Waals surface area contributed by atoms with Crippen molar-refractivity contribution >= 4 is 34.2 Å². The van der Waals surface area contributed by atoms with Crippen molar-refractivity contribution in [1.82, 2.24) is 0 Å². The normalized spacial score (nSPS) is 11.0. The van der Waals surface area contributed by atoms with E-state index in [1.54, 1.807) is 0 Å². The molecule has 0 bridgehead atoms. The van der Waals surface area contributed by atoms with Gasteiger partial charge in [-0.1, -0.05) is 23.2 Å². The third kappa shape index (κ3) is 2.34. The maximum Gasteiger partial charge on any atom is 0.197 e. The molecule has 0 aliphatic heterocycles. The first-order chi connectivity index (χ1) is 10.4. The highest BCUT2D eigenvalue weighted by molar-refractivity contribution is 6.37. The van der Waals surface area contributed by atoms with Crippen LogP contribution in [0.4, 0.5) is 0 Å². The van der Waals surface area contributed by atoms with E-state index in [1.807, 2.05) is 0 Å². The van der Waals surface area contributed by atoms with Crippen LogP contribution in [0.1, 0.15) is 0 Å². The molecule has 0 fully saturated rings. The van der Waals surface area contributed by atoms with Gasteiger partial charge in [0, 0.05) is 23.8 Å². The Labute approximate surface area is 133 Å². The monoisotopic (exact) mass is 338 g/mol. The van der Waals surface area contributed by atoms with Crippen molar-refractivity contribution in [2.45, 2.75) is 0 Å². The molecule has 2 aromatic carbocycles. The summed E-state index contributed by atoms with van der Waals surface area (Å²) < 4.78 is 5.52. The number of phenolic OH excluding ortho intramolecular Hbond substituents is 3. The zero-order chi connectivity index (χ0) is 16.0. The summed E-state index contributed by atoms with van der Waals surface area (Å²) in [7, 11) is 0. The smallest absolute Gasteiger partial charge is 0.197 e. The van der Waals surface area contributed by atoms with E-state index in [-0.39, 0.29) is 44.0 Å². The van der Waals surface area contributed by atoms with Gasteiger partial charge in [0.05, 0.1) is 10.0 Å². The lowest BCUT2D eigenvalue weighted by Crippen LogP contribution is -2.00. The summed E-state index contributed by atoms with van der Waals surface area (Å²) in [4.78, 5) is 12.1. The largest absolute Gasteiger partial charge is 0.508 e. The van der Waals surface area contributed by atoms with Gasteiger partial charge in [-0.05, 0) is 12.1 Å². The highest BCUT2D eigenvalue weighted by Gasteiger charge is 2.14. The van der Waals surface area contributed by atoms with Gasteiger partial charge in [-0.15, -0.1) is 0 Å². The number of aromatic hydroxyl groups is 3. The molecule has 1 heterocycles. The zero-order valence-corrected chi connectivity index (χ0v) is 12.3. The predicted octanol–water partition coefficient (Wildman–Crippen LogP) is 3.88. The Morgan fingerprint density at radius 3 is 2.18 bits per heavy atom. The predicted molar refractivity (Wildman–Crippen MR) is 82.9 cm³/mol. The number of fused-ring (bicyclic) bond motifs is 1. The second-order valence-corrected chi connectivity index (χ2v) is 5.42. The molecule has 0 atom stereocenters. The van der Waals surface area contributed by atoms with Gasteiger partial charge in [0.25, 0.3) is 0 Å². The van der Waals surface area contributed by atoms with Crippen molar-refractivity contribution in [1.29, 1.82) is 0 Å². The molecule has 3 aromatic rings. The number of hydrogen-bond donors (Lipinski definition) is 3. The van der Waals surface area contributed by atoms with Gasteiger partial charge in [-0.3, -0.25) is 4.79 Å². The molecule has 0 saturated heterocycles. The highest BCUT2D eigenvalue weighted by Crippen LogP contribution is 2.37. The number of rotatable bonds is 1. The van der Waals surface area contributed by atoms with Crippen LogP contribution in [0.15, 0.2) is 39.5 Å². The van der Waals surface area contributed by atoms with Crippen LogP contribution in [0.3, 0.4) is 0 Å². The molecule has 0 aliphatic rings. The number of phenols is 3. The van der Waals surface area contributed by atoms with Crippen LogP contribution in [0, 0.1) is 0 Å². The Balaban J connectivity index is 2.31. The molecule has 0 amide bonds. The van der Waals surface area contributed by atoms with Crippen molar-refractivity contribution in [3.05, 3.63) is 50.6 Å². The van der Waals surface area contributed by atoms with Crippen molar-refractivity contribution in [3.8, 4) is 28.6 Å². The first-order valence-corrected chi connectivity index (χ1v) is 6.80. The summed E-state index contributed by atoms with van der Waals surface area (Å²) in [5, 5.41) is 28.7. The van der Waals surface area contributed by atoms with Crippen LogP contribution in [0.2, 0.25) is 10.0 Å². The first kappa shape index (κ1) is 14.6. The molecule has 22 heavy (non-hydrogen) atoms. The van der Waals surface area contributed by atoms with E-state index < -0.39 is 5.43 Å². The van der Waals surface area contributed by atoms with E-state index in [1.165, 1.54) is 18.2 Å². The maximum atomic E-state index is 12.1. The minimum atomic E-state index is -0.492. The Morgan fingerprint density at radius 2 is 1.55 bits per heavy atom. The van der Waals surface area contributed by atoms with Crippen LogP contribution >= 0.6 is 23.2 Å². The SMILES string of the molecule is O=c1cc(-c2cc(Cl)c(O)c(Cl)c2)oc2cc(O)cc(O)c12. The third-order valence-corrected chi connectivity index (χ3v) is 3.67. The van der Waals surface area contributed by atoms with Gasteiger partial charge >= 0.3 is 0 Å². The summed E-state index contributed by atoms with van der Waals surface area (Å²) in [6.07, 6.45) is 0. The van der Waals surface area contributed by atoms with Crippen molar-refractivity contribution in [2.75, 3.05) is 0 Å². The Hall–Kier alpha value is -2.37. The summed E-state index contributed by atoms with van der Waals surface area (Å²) in [5.74, 6) is -0.763. The minimum Gasteiger partial charge on any atom is -0.508 e. The van der Waals surface area contributed by atoms with Gasteiger partial charge in [0.15, 0.2) is 11.2 Å². The Morgan fingerprint density at radius 1 is 0.909 bits per heavy atom. The topological polar surface area (TPSA) is 90.9 Å². The molecule has 0 radical (unpaired) electrons. The van der Waals surface area contributed by atoms with E-state index in [4.69, 9.17) is 27.6 Å². The Bertz CT molecular complexity index is 939. The number of benzene rings is 2. The minimum absolute atomic E-state index is 0.00371. The van der Waals surface area contributed by atoms with E-state index in [2.05, 4.69) is 0 Å². The molecular weight excluding hydrogens is 331 g/mol. The van der Waals surface area contributed by atoms with Crippen LogP contribution < -0.4 is 5.43 Å². The average molecular weight is 339 g/mol. The molecule has 0 aliphatic carbocycles. The molecule has 7 heteroatoms. The average Bonchev–Trinajstić information content (AvgIpc) is 2.42. The number of hydrogen-bond acceptors (Lipinski definition) is 5. The van der Waals surface area contributed by atoms with E-state index in [9.17, 15) is 20.1 Å². The maximum absolute atomic E-state index is 12.1. The summed E-state index contributed by atoms with van der Waals surface area (Å²) in [6, 6.07) is 6.19. The Kier molecular flexibility index (Phi) is 3.39. The van der Waals surface area contributed by atoms with E-state index >= 15 is 0 Å². The lowest BCUT2D eigenvalue weighted by Gasteiger charge is -2.07. The van der Waals surface area contributed by atoms with Crippen molar-refractivity contribution in [3.63, 3.8) is 0 Å². The lowest BCUT2D eigenvalue weighted by atomic mass is 10.1. The summed E-state index contributed by atoms with van der Waals surface area (Å²) in [6.45, 7) is 0. The molecule has 1 aromatic heterocycles. The molecule has 0 unspecified atom stereocenters. The lowest BCUT2D eigenvalue weighted by molar-refractivity contribution is 0.452. The van der Waals surface area contributed by atoms with Gasteiger partial charge in [0.1, 0.15) is 28.2 Å². The highest BCUT2D eigenvalue weighted by atomic mass is 35.5. The molecule has 3 rings (SSSR count). The van der Waals surface area contributed by atoms with Crippen LogP contribution in [0.5, 0.6) is 17.2 Å². The van der Waals surface area contributed by atoms with E-state index in [0.29, 0.717) is 5.56 Å². The first-order valence-electron chi connectivity index (χ1n) is 6.05. The summed E-state index contributed by atoms with van der Waals surface area (Å²) >= 11 is 11.7. The van der Waals surface area contributed by atoms with Gasteiger partial charge in [-0.25, -0.2) is 0 Å². The van der Waals surface area contributed by atoms with Crippen LogP contribution in [0.25, 0.3) is 22.3 Å². The third-order valence-electron chi connectivity index (χ3n) is 3.10. The number of halogens is 2. The van der Waals surface area contributed by atoms with Gasteiger partial charge in [-0.2, -0.15) is 0 Å². The fourth-order valence-electron chi connectivity index (χ4n) is 2.10. The second kappa shape index (κ2) is 5.12. The van der Waals surface area contributed by atoms with Crippen molar-refractivity contribution in [2.24, 2.45) is 0 Å². The van der Waals surface area contributed by atoms with Crippen LogP contribution in [-0.2, 0) is 0 Å². The van der Waals surface area contributed by atoms with E-state index in [0.717, 1.165) is 12.1 Å². The quantitative estimate of drug-likeness (QED) is 0.626. The van der Waals surface area contributed by atoms with Gasteiger partial charge < -0.3 is 19.7 Å². The fourth-order valence-corrected chi connectivity index (χ4v) is 2.59.